The summed E-state index contributed by atoms with van der Waals surface area (Å²) in [6.07, 6.45) is 2.80. The van der Waals surface area contributed by atoms with Crippen LogP contribution in [0, 0.1) is 12.7 Å². The SMILES string of the molecule is CCN(C1CCN(c2cc(C)nc3c(F)cccc23)CC1)S(C)(=O)=O. The van der Waals surface area contributed by atoms with Crippen LogP contribution in [0.15, 0.2) is 24.3 Å². The molecular weight excluding hydrogens is 341 g/mol. The molecule has 0 amide bonds. The van der Waals surface area contributed by atoms with Crippen molar-refractivity contribution in [3.05, 3.63) is 35.8 Å². The van der Waals surface area contributed by atoms with Gasteiger partial charge in [-0.05, 0) is 31.9 Å². The third-order valence-corrected chi connectivity index (χ3v) is 6.25. The summed E-state index contributed by atoms with van der Waals surface area (Å²) >= 11 is 0. The molecule has 0 aliphatic carbocycles. The van der Waals surface area contributed by atoms with Crippen molar-refractivity contribution in [3.63, 3.8) is 0 Å². The van der Waals surface area contributed by atoms with Gasteiger partial charge in [0.1, 0.15) is 11.3 Å². The molecule has 0 N–H and O–H groups in total. The standard InChI is InChI=1S/C18H24FN3O2S/c1-4-22(25(3,23)24)14-8-10-21(11-9-14)17-12-13(2)20-18-15(17)6-5-7-16(18)19/h5-7,12,14H,4,8-11H2,1-3H3. The summed E-state index contributed by atoms with van der Waals surface area (Å²) in [7, 11) is -3.19. The Bertz CT molecular complexity index is 877. The molecule has 0 bridgehead atoms. The molecule has 7 heteroatoms. The van der Waals surface area contributed by atoms with Crippen LogP contribution in [0.5, 0.6) is 0 Å². The molecule has 0 radical (unpaired) electrons. The molecule has 1 aromatic carbocycles. The van der Waals surface area contributed by atoms with Gasteiger partial charge in [0.2, 0.25) is 10.0 Å². The molecule has 0 unspecified atom stereocenters. The number of piperidine rings is 1. The van der Waals surface area contributed by atoms with Crippen LogP contribution in [0.4, 0.5) is 10.1 Å². The summed E-state index contributed by atoms with van der Waals surface area (Å²) in [5.41, 5.74) is 2.15. The van der Waals surface area contributed by atoms with E-state index in [1.54, 1.807) is 10.4 Å². The van der Waals surface area contributed by atoms with Crippen LogP contribution in [0.3, 0.4) is 0 Å². The average molecular weight is 365 g/mol. The zero-order valence-corrected chi connectivity index (χ0v) is 15.7. The molecule has 1 aromatic heterocycles. The number of pyridine rings is 1. The van der Waals surface area contributed by atoms with Crippen molar-refractivity contribution < 1.29 is 12.8 Å². The van der Waals surface area contributed by atoms with E-state index in [1.165, 1.54) is 12.3 Å². The predicted octanol–water partition coefficient (Wildman–Crippen LogP) is 2.93. The van der Waals surface area contributed by atoms with Crippen LogP contribution in [-0.4, -0.2) is 49.6 Å². The van der Waals surface area contributed by atoms with E-state index >= 15 is 0 Å². The Balaban J connectivity index is 1.87. The lowest BCUT2D eigenvalue weighted by atomic mass is 10.0. The second kappa shape index (κ2) is 6.88. The second-order valence-electron chi connectivity index (χ2n) is 6.60. The molecule has 3 rings (SSSR count). The Morgan fingerprint density at radius 2 is 2.00 bits per heavy atom. The Morgan fingerprint density at radius 1 is 1.32 bits per heavy atom. The third kappa shape index (κ3) is 3.62. The molecule has 0 spiro atoms. The predicted molar refractivity (Wildman–Crippen MR) is 98.9 cm³/mol. The molecule has 1 aliphatic rings. The monoisotopic (exact) mass is 365 g/mol. The molecular formula is C18H24FN3O2S. The van der Waals surface area contributed by atoms with Crippen molar-refractivity contribution in [1.82, 2.24) is 9.29 Å². The van der Waals surface area contributed by atoms with Crippen molar-refractivity contribution in [2.75, 3.05) is 30.8 Å². The number of hydrogen-bond donors (Lipinski definition) is 0. The van der Waals surface area contributed by atoms with Crippen LogP contribution >= 0.6 is 0 Å². The first-order valence-electron chi connectivity index (χ1n) is 8.59. The number of aryl methyl sites for hydroxylation is 1. The average Bonchev–Trinajstić information content (AvgIpc) is 2.55. The third-order valence-electron chi connectivity index (χ3n) is 4.85. The van der Waals surface area contributed by atoms with E-state index < -0.39 is 10.0 Å². The second-order valence-corrected chi connectivity index (χ2v) is 8.54. The van der Waals surface area contributed by atoms with Crippen LogP contribution in [0.1, 0.15) is 25.5 Å². The highest BCUT2D eigenvalue weighted by molar-refractivity contribution is 7.88. The van der Waals surface area contributed by atoms with Crippen molar-refractivity contribution >= 4 is 26.6 Å². The van der Waals surface area contributed by atoms with Gasteiger partial charge < -0.3 is 4.90 Å². The van der Waals surface area contributed by atoms with Crippen LogP contribution < -0.4 is 4.90 Å². The van der Waals surface area contributed by atoms with Gasteiger partial charge in [-0.1, -0.05) is 19.1 Å². The van der Waals surface area contributed by atoms with Gasteiger partial charge in [-0.3, -0.25) is 0 Å². The Kier molecular flexibility index (Phi) is 4.97. The van der Waals surface area contributed by atoms with Crippen molar-refractivity contribution in [3.8, 4) is 0 Å². The highest BCUT2D eigenvalue weighted by Gasteiger charge is 2.29. The number of nitrogens with zero attached hydrogens (tertiary/aromatic N) is 3. The smallest absolute Gasteiger partial charge is 0.211 e. The molecule has 5 nitrogen and oxygen atoms in total. The summed E-state index contributed by atoms with van der Waals surface area (Å²) in [5.74, 6) is -0.313. The molecule has 2 heterocycles. The summed E-state index contributed by atoms with van der Waals surface area (Å²) in [6, 6.07) is 7.03. The van der Waals surface area contributed by atoms with Crippen molar-refractivity contribution in [2.24, 2.45) is 0 Å². The summed E-state index contributed by atoms with van der Waals surface area (Å²) in [4.78, 5) is 6.54. The van der Waals surface area contributed by atoms with E-state index in [9.17, 15) is 12.8 Å². The largest absolute Gasteiger partial charge is 0.371 e. The lowest BCUT2D eigenvalue weighted by Gasteiger charge is -2.38. The highest BCUT2D eigenvalue weighted by Crippen LogP contribution is 2.31. The summed E-state index contributed by atoms with van der Waals surface area (Å²) in [5, 5.41) is 0.805. The van der Waals surface area contributed by atoms with Gasteiger partial charge in [0.25, 0.3) is 0 Å². The minimum Gasteiger partial charge on any atom is -0.371 e. The van der Waals surface area contributed by atoms with E-state index in [4.69, 9.17) is 0 Å². The number of sulfonamides is 1. The van der Waals surface area contributed by atoms with Crippen molar-refractivity contribution in [1.29, 1.82) is 0 Å². The highest BCUT2D eigenvalue weighted by atomic mass is 32.2. The maximum Gasteiger partial charge on any atom is 0.211 e. The van der Waals surface area contributed by atoms with E-state index in [1.807, 2.05) is 26.0 Å². The molecule has 136 valence electrons. The number of rotatable bonds is 4. The Hall–Kier alpha value is -1.73. The molecule has 0 atom stereocenters. The Labute approximate surface area is 148 Å². The number of halogens is 1. The van der Waals surface area contributed by atoms with E-state index in [0.29, 0.717) is 12.1 Å². The topological polar surface area (TPSA) is 53.5 Å². The van der Waals surface area contributed by atoms with Gasteiger partial charge >= 0.3 is 0 Å². The van der Waals surface area contributed by atoms with Gasteiger partial charge in [-0.15, -0.1) is 0 Å². The first kappa shape index (κ1) is 18.1. The fraction of sp³-hybridized carbons (Fsp3) is 0.500. The summed E-state index contributed by atoms with van der Waals surface area (Å²) in [6.45, 7) is 5.71. The first-order valence-corrected chi connectivity index (χ1v) is 10.4. The molecule has 1 fully saturated rings. The molecule has 25 heavy (non-hydrogen) atoms. The maximum atomic E-state index is 14.1. The zero-order chi connectivity index (χ0) is 18.2. The van der Waals surface area contributed by atoms with Crippen LogP contribution in [0.25, 0.3) is 10.9 Å². The van der Waals surface area contributed by atoms with Gasteiger partial charge in [-0.2, -0.15) is 4.31 Å². The fourth-order valence-electron chi connectivity index (χ4n) is 3.74. The lowest BCUT2D eigenvalue weighted by Crippen LogP contribution is -2.47. The normalized spacial score (nSPS) is 16.8. The van der Waals surface area contributed by atoms with E-state index in [-0.39, 0.29) is 11.9 Å². The molecule has 1 saturated heterocycles. The number of anilines is 1. The Morgan fingerprint density at radius 3 is 2.60 bits per heavy atom. The molecule has 1 aliphatic heterocycles. The minimum absolute atomic E-state index is 0.0298. The van der Waals surface area contributed by atoms with Gasteiger partial charge in [0.05, 0.1) is 6.26 Å². The summed E-state index contributed by atoms with van der Waals surface area (Å²) < 4.78 is 39.6. The maximum absolute atomic E-state index is 14.1. The van der Waals surface area contributed by atoms with Gasteiger partial charge in [-0.25, -0.2) is 17.8 Å². The first-order chi connectivity index (χ1) is 11.8. The van der Waals surface area contributed by atoms with Crippen LogP contribution in [-0.2, 0) is 10.0 Å². The van der Waals surface area contributed by atoms with Gasteiger partial charge in [0.15, 0.2) is 0 Å². The fourth-order valence-corrected chi connectivity index (χ4v) is 4.96. The molecule has 0 saturated carbocycles. The minimum atomic E-state index is -3.19. The number of hydrogen-bond acceptors (Lipinski definition) is 4. The van der Waals surface area contributed by atoms with Crippen molar-refractivity contribution in [2.45, 2.75) is 32.7 Å². The number of benzene rings is 1. The molecule has 2 aromatic rings. The van der Waals surface area contributed by atoms with E-state index in [0.717, 1.165) is 42.7 Å². The lowest BCUT2D eigenvalue weighted by molar-refractivity contribution is 0.285. The number of para-hydroxylation sites is 1. The quantitative estimate of drug-likeness (QED) is 0.836. The van der Waals surface area contributed by atoms with Gasteiger partial charge in [0, 0.05) is 42.4 Å². The zero-order valence-electron chi connectivity index (χ0n) is 14.9. The van der Waals surface area contributed by atoms with Crippen LogP contribution in [0.2, 0.25) is 0 Å². The number of fused-ring (bicyclic) bond motifs is 1. The van der Waals surface area contributed by atoms with E-state index in [2.05, 4.69) is 9.88 Å². The number of aromatic nitrogens is 1.